The van der Waals surface area contributed by atoms with E-state index < -0.39 is 12.1 Å². The molecule has 3 N–H and O–H groups in total. The average molecular weight is 1040 g/mol. The van der Waals surface area contributed by atoms with Gasteiger partial charge < -0.3 is 15.5 Å². The van der Waals surface area contributed by atoms with Crippen LogP contribution in [0, 0.1) is 0 Å². The summed E-state index contributed by atoms with van der Waals surface area (Å²) in [5.74, 6) is -0.0766. The predicted molar refractivity (Wildman–Crippen MR) is 336 cm³/mol. The molecule has 4 nitrogen and oxygen atoms in total. The highest BCUT2D eigenvalue weighted by Crippen LogP contribution is 2.17. The van der Waals surface area contributed by atoms with Gasteiger partial charge in [-0.3, -0.25) is 4.79 Å². The predicted octanol–water partition coefficient (Wildman–Crippen LogP) is 22.4. The van der Waals surface area contributed by atoms with Crippen molar-refractivity contribution in [2.75, 3.05) is 6.61 Å². The zero-order chi connectivity index (χ0) is 54.1. The van der Waals surface area contributed by atoms with E-state index in [1.807, 2.05) is 6.08 Å². The van der Waals surface area contributed by atoms with Crippen LogP contribution in [0.2, 0.25) is 0 Å². The van der Waals surface area contributed by atoms with Gasteiger partial charge in [-0.05, 0) is 89.9 Å². The first-order valence-electron chi connectivity index (χ1n) is 33.0. The zero-order valence-electron chi connectivity index (χ0n) is 50.1. The van der Waals surface area contributed by atoms with Crippen molar-refractivity contribution in [2.45, 2.75) is 341 Å². The lowest BCUT2D eigenvalue weighted by Crippen LogP contribution is -2.45. The van der Waals surface area contributed by atoms with Crippen LogP contribution in [0.4, 0.5) is 0 Å². The second-order valence-electron chi connectivity index (χ2n) is 22.1. The molecule has 0 saturated carbocycles. The number of allylic oxidation sites excluding steroid dienone is 15. The summed E-state index contributed by atoms with van der Waals surface area (Å²) < 4.78 is 0. The summed E-state index contributed by atoms with van der Waals surface area (Å²) in [6, 6.07) is -0.652. The normalized spacial score (nSPS) is 13.4. The molecule has 0 radical (unpaired) electrons. The molecule has 4 heteroatoms. The Balaban J connectivity index is 3.53. The molecule has 434 valence electrons. The maximum absolute atomic E-state index is 12.5. The molecule has 0 aliphatic heterocycles. The second-order valence-corrected chi connectivity index (χ2v) is 22.1. The number of aliphatic hydroxyl groups is 2. The van der Waals surface area contributed by atoms with Gasteiger partial charge in [-0.25, -0.2) is 0 Å². The van der Waals surface area contributed by atoms with Crippen molar-refractivity contribution in [1.29, 1.82) is 0 Å². The molecule has 0 saturated heterocycles. The molecule has 0 aliphatic carbocycles. The van der Waals surface area contributed by atoms with E-state index in [4.69, 9.17) is 0 Å². The van der Waals surface area contributed by atoms with Crippen molar-refractivity contribution in [3.63, 3.8) is 0 Å². The first-order chi connectivity index (χ1) is 37.2. The Labute approximate surface area is 468 Å². The van der Waals surface area contributed by atoms with Crippen molar-refractivity contribution in [3.05, 3.63) is 97.2 Å². The Bertz CT molecular complexity index is 1370. The molecule has 0 aromatic carbocycles. The van der Waals surface area contributed by atoms with Gasteiger partial charge in [-0.2, -0.15) is 0 Å². The third-order valence-corrected chi connectivity index (χ3v) is 14.8. The van der Waals surface area contributed by atoms with Crippen molar-refractivity contribution >= 4 is 5.91 Å². The molecule has 0 bridgehead atoms. The summed E-state index contributed by atoms with van der Waals surface area (Å²) in [4.78, 5) is 12.5. The second kappa shape index (κ2) is 65.6. The Morgan fingerprint density at radius 3 is 0.933 bits per heavy atom. The van der Waals surface area contributed by atoms with E-state index in [2.05, 4.69) is 104 Å². The van der Waals surface area contributed by atoms with E-state index in [9.17, 15) is 15.0 Å². The highest BCUT2D eigenvalue weighted by atomic mass is 16.3. The Morgan fingerprint density at radius 2 is 0.600 bits per heavy atom. The lowest BCUT2D eigenvalue weighted by molar-refractivity contribution is -0.123. The molecule has 0 fully saturated rings. The molecule has 0 aromatic heterocycles. The fraction of sp³-hybridized carbons (Fsp3) is 0.761. The minimum absolute atomic E-state index is 0.0766. The van der Waals surface area contributed by atoms with Gasteiger partial charge in [0.2, 0.25) is 5.91 Å². The van der Waals surface area contributed by atoms with Gasteiger partial charge in [0.15, 0.2) is 0 Å². The van der Waals surface area contributed by atoms with Crippen molar-refractivity contribution in [2.24, 2.45) is 0 Å². The van der Waals surface area contributed by atoms with Gasteiger partial charge in [0.25, 0.3) is 0 Å². The van der Waals surface area contributed by atoms with E-state index in [0.717, 1.165) is 70.6 Å². The van der Waals surface area contributed by atoms with Crippen LogP contribution in [-0.4, -0.2) is 34.9 Å². The summed E-state index contributed by atoms with van der Waals surface area (Å²) in [7, 11) is 0. The van der Waals surface area contributed by atoms with Gasteiger partial charge in [0.05, 0.1) is 18.8 Å². The number of aliphatic hydroxyl groups excluding tert-OH is 2. The lowest BCUT2D eigenvalue weighted by atomic mass is 10.0. The molecule has 0 aromatic rings. The van der Waals surface area contributed by atoms with E-state index in [0.29, 0.717) is 6.42 Å². The van der Waals surface area contributed by atoms with Crippen LogP contribution in [0.3, 0.4) is 0 Å². The Hall–Kier alpha value is -2.69. The summed E-state index contributed by atoms with van der Waals surface area (Å²) in [5, 5.41) is 23.2. The van der Waals surface area contributed by atoms with Gasteiger partial charge in [0.1, 0.15) is 0 Å². The maximum atomic E-state index is 12.5. The minimum Gasteiger partial charge on any atom is -0.394 e. The first-order valence-corrected chi connectivity index (χ1v) is 33.0. The quantitative estimate of drug-likeness (QED) is 0.0420. The fourth-order valence-corrected chi connectivity index (χ4v) is 9.83. The minimum atomic E-state index is -0.876. The first kappa shape index (κ1) is 72.3. The third-order valence-electron chi connectivity index (χ3n) is 14.8. The standard InChI is InChI=1S/C71H127NO3/c1-3-5-7-9-11-13-15-17-19-21-23-25-27-29-31-33-35-36-37-39-41-43-45-47-49-51-53-55-57-59-61-63-65-67-71(75)72-69(68-73)70(74)66-64-62-60-58-56-54-52-50-48-46-44-42-40-38-34-32-30-28-26-24-22-20-18-16-14-12-10-8-6-4-2/h5,7,11,13,17,19,23,25,29,31,48,50,56,58,64,66,69-70,73-74H,3-4,6,8-10,12,14-16,18,20-22,24,26-28,30,32-47,49,51-55,57,59-63,65,67-68H2,1-2H3,(H,72,75)/b7-5-,13-11-,19-17-,25-23-,31-29-,50-48+,58-56+,66-64+. The molecule has 0 aliphatic rings. The highest BCUT2D eigenvalue weighted by molar-refractivity contribution is 5.76. The lowest BCUT2D eigenvalue weighted by Gasteiger charge is -2.19. The number of unbranched alkanes of at least 4 members (excludes halogenated alkanes) is 39. The molecule has 0 rings (SSSR count). The van der Waals surface area contributed by atoms with Crippen LogP contribution in [0.15, 0.2) is 97.2 Å². The van der Waals surface area contributed by atoms with E-state index in [1.165, 1.54) is 238 Å². The van der Waals surface area contributed by atoms with Crippen LogP contribution in [0.1, 0.15) is 328 Å². The van der Waals surface area contributed by atoms with Gasteiger partial charge in [-0.1, -0.05) is 329 Å². The number of nitrogens with one attached hydrogen (secondary N) is 1. The van der Waals surface area contributed by atoms with E-state index in [1.54, 1.807) is 6.08 Å². The SMILES string of the molecule is CC/C=C\C/C=C\C/C=C\C/C=C\C/C=C\CCCCCCCCCCCCCCCCCCCC(=O)NC(CO)C(O)/C=C/CC/C=C/CC/C=C/CCCCCCCCCCCCCCCCCCCCCC. The van der Waals surface area contributed by atoms with Crippen molar-refractivity contribution in [1.82, 2.24) is 5.32 Å². The number of rotatable bonds is 60. The zero-order valence-corrected chi connectivity index (χ0v) is 50.1. The molecular formula is C71H127NO3. The fourth-order valence-electron chi connectivity index (χ4n) is 9.83. The highest BCUT2D eigenvalue weighted by Gasteiger charge is 2.18. The van der Waals surface area contributed by atoms with Crippen LogP contribution in [0.5, 0.6) is 0 Å². The third kappa shape index (κ3) is 62.0. The molecule has 2 atom stereocenters. The molecule has 1 amide bonds. The summed E-state index contributed by atoms with van der Waals surface area (Å²) >= 11 is 0. The summed E-state index contributed by atoms with van der Waals surface area (Å²) in [6.45, 7) is 4.21. The molecule has 0 heterocycles. The van der Waals surface area contributed by atoms with Gasteiger partial charge >= 0.3 is 0 Å². The number of carbonyl (C=O) groups excluding carboxylic acids is 1. The number of amides is 1. The van der Waals surface area contributed by atoms with Crippen LogP contribution >= 0.6 is 0 Å². The maximum Gasteiger partial charge on any atom is 0.220 e. The van der Waals surface area contributed by atoms with Gasteiger partial charge in [0, 0.05) is 6.42 Å². The summed E-state index contributed by atoms with van der Waals surface area (Å²) in [6.07, 6.45) is 97.6. The van der Waals surface area contributed by atoms with Crippen molar-refractivity contribution < 1.29 is 15.0 Å². The monoisotopic (exact) mass is 1040 g/mol. The number of hydrogen-bond donors (Lipinski definition) is 3. The van der Waals surface area contributed by atoms with Crippen molar-refractivity contribution in [3.8, 4) is 0 Å². The average Bonchev–Trinajstić information content (AvgIpc) is 3.41. The number of carbonyl (C=O) groups is 1. The van der Waals surface area contributed by atoms with Gasteiger partial charge in [-0.15, -0.1) is 0 Å². The Kier molecular flexibility index (Phi) is 63.2. The topological polar surface area (TPSA) is 69.6 Å². The molecule has 2 unspecified atom stereocenters. The summed E-state index contributed by atoms with van der Waals surface area (Å²) in [5.41, 5.74) is 0. The smallest absolute Gasteiger partial charge is 0.220 e. The van der Waals surface area contributed by atoms with Crippen LogP contribution < -0.4 is 5.32 Å². The number of hydrogen-bond acceptors (Lipinski definition) is 3. The molecule has 0 spiro atoms. The molecular weight excluding hydrogens is 915 g/mol. The van der Waals surface area contributed by atoms with Crippen LogP contribution in [-0.2, 0) is 4.79 Å². The largest absolute Gasteiger partial charge is 0.394 e. The van der Waals surface area contributed by atoms with E-state index >= 15 is 0 Å². The van der Waals surface area contributed by atoms with E-state index in [-0.39, 0.29) is 12.5 Å². The van der Waals surface area contributed by atoms with Crippen LogP contribution in [0.25, 0.3) is 0 Å². The Morgan fingerprint density at radius 1 is 0.333 bits per heavy atom. The molecule has 75 heavy (non-hydrogen) atoms.